The van der Waals surface area contributed by atoms with E-state index < -0.39 is 0 Å². The lowest BCUT2D eigenvalue weighted by Crippen LogP contribution is -2.28. The van der Waals surface area contributed by atoms with Gasteiger partial charge in [0.1, 0.15) is 5.75 Å². The summed E-state index contributed by atoms with van der Waals surface area (Å²) in [7, 11) is 0. The fourth-order valence-electron chi connectivity index (χ4n) is 2.69. The normalized spacial score (nSPS) is 10.9. The van der Waals surface area contributed by atoms with Crippen molar-refractivity contribution in [3.8, 4) is 22.8 Å². The highest BCUT2D eigenvalue weighted by atomic mass is 32.2. The number of rotatable bonds is 9. The zero-order chi connectivity index (χ0) is 20.6. The smallest absolute Gasteiger partial charge is 0.230 e. The third-order valence-electron chi connectivity index (χ3n) is 4.02. The van der Waals surface area contributed by atoms with Gasteiger partial charge >= 0.3 is 0 Å². The predicted molar refractivity (Wildman–Crippen MR) is 114 cm³/mol. The summed E-state index contributed by atoms with van der Waals surface area (Å²) in [5, 5.41) is 12.3. The molecule has 1 aromatic carbocycles. The van der Waals surface area contributed by atoms with Crippen LogP contribution in [0, 0.1) is 5.92 Å². The van der Waals surface area contributed by atoms with Crippen molar-refractivity contribution >= 4 is 17.7 Å². The molecule has 0 atom stereocenters. The molecule has 7 nitrogen and oxygen atoms in total. The van der Waals surface area contributed by atoms with Crippen LogP contribution in [0.1, 0.15) is 20.8 Å². The first-order valence-corrected chi connectivity index (χ1v) is 10.6. The van der Waals surface area contributed by atoms with E-state index in [-0.39, 0.29) is 11.7 Å². The summed E-state index contributed by atoms with van der Waals surface area (Å²) in [4.78, 5) is 16.3. The number of hydrogen-bond donors (Lipinski definition) is 1. The van der Waals surface area contributed by atoms with Crippen LogP contribution in [0.3, 0.4) is 0 Å². The van der Waals surface area contributed by atoms with Crippen LogP contribution in [0.15, 0.2) is 53.9 Å². The number of nitrogens with zero attached hydrogens (tertiary/aromatic N) is 4. The summed E-state index contributed by atoms with van der Waals surface area (Å²) >= 11 is 1.35. The molecule has 0 spiro atoms. The van der Waals surface area contributed by atoms with Gasteiger partial charge in [0.15, 0.2) is 11.0 Å². The topological polar surface area (TPSA) is 81.9 Å². The Labute approximate surface area is 174 Å². The molecule has 0 saturated carbocycles. The Kier molecular flexibility index (Phi) is 7.24. The second kappa shape index (κ2) is 10.1. The lowest BCUT2D eigenvalue weighted by molar-refractivity contribution is -0.118. The summed E-state index contributed by atoms with van der Waals surface area (Å²) < 4.78 is 7.75. The van der Waals surface area contributed by atoms with Gasteiger partial charge in [-0.2, -0.15) is 0 Å². The standard InChI is InChI=1S/C21H25N5O2S/c1-4-28-18-8-6-5-7-17(18)26-20(16-9-11-22-12-10-16)24-25-21(26)29-14-19(27)23-13-15(2)3/h5-12,15H,4,13-14H2,1-3H3,(H,23,27). The first-order chi connectivity index (χ1) is 14.1. The molecule has 3 aromatic rings. The Morgan fingerprint density at radius 3 is 2.66 bits per heavy atom. The van der Waals surface area contributed by atoms with Gasteiger partial charge in [-0.15, -0.1) is 10.2 Å². The van der Waals surface area contributed by atoms with E-state index >= 15 is 0 Å². The second-order valence-corrected chi connectivity index (χ2v) is 7.71. The van der Waals surface area contributed by atoms with E-state index in [0.717, 1.165) is 17.0 Å². The van der Waals surface area contributed by atoms with Gasteiger partial charge in [0.25, 0.3) is 0 Å². The number of aromatic nitrogens is 4. The quantitative estimate of drug-likeness (QED) is 0.542. The zero-order valence-electron chi connectivity index (χ0n) is 16.8. The first kappa shape index (κ1) is 20.9. The minimum atomic E-state index is -0.0261. The van der Waals surface area contributed by atoms with Gasteiger partial charge < -0.3 is 10.1 Å². The van der Waals surface area contributed by atoms with Gasteiger partial charge in [0.05, 0.1) is 18.0 Å². The molecule has 0 aliphatic heterocycles. The molecule has 1 N–H and O–H groups in total. The Balaban J connectivity index is 1.96. The lowest BCUT2D eigenvalue weighted by atomic mass is 10.2. The molecule has 0 unspecified atom stereocenters. The lowest BCUT2D eigenvalue weighted by Gasteiger charge is -2.15. The van der Waals surface area contributed by atoms with Crippen molar-refractivity contribution in [2.75, 3.05) is 18.9 Å². The van der Waals surface area contributed by atoms with Crippen molar-refractivity contribution in [3.05, 3.63) is 48.8 Å². The summed E-state index contributed by atoms with van der Waals surface area (Å²) in [5.74, 6) is 2.05. The maximum absolute atomic E-state index is 12.2. The van der Waals surface area contributed by atoms with Crippen LogP contribution in [0.4, 0.5) is 0 Å². The number of pyridine rings is 1. The first-order valence-electron chi connectivity index (χ1n) is 9.57. The van der Waals surface area contributed by atoms with Crippen molar-refractivity contribution in [3.63, 3.8) is 0 Å². The third kappa shape index (κ3) is 5.35. The number of benzene rings is 1. The highest BCUT2D eigenvalue weighted by Crippen LogP contribution is 2.32. The van der Waals surface area contributed by atoms with Crippen molar-refractivity contribution in [2.24, 2.45) is 5.92 Å². The van der Waals surface area contributed by atoms with E-state index in [1.54, 1.807) is 12.4 Å². The average molecular weight is 412 g/mol. The van der Waals surface area contributed by atoms with Crippen LogP contribution < -0.4 is 10.1 Å². The van der Waals surface area contributed by atoms with Gasteiger partial charge in [-0.25, -0.2) is 0 Å². The number of nitrogens with one attached hydrogen (secondary N) is 1. The molecule has 152 valence electrons. The van der Waals surface area contributed by atoms with Crippen molar-refractivity contribution < 1.29 is 9.53 Å². The third-order valence-corrected chi connectivity index (χ3v) is 4.95. The number of para-hydroxylation sites is 2. The molecule has 0 radical (unpaired) electrons. The summed E-state index contributed by atoms with van der Waals surface area (Å²) in [5.41, 5.74) is 1.71. The van der Waals surface area contributed by atoms with Gasteiger partial charge in [0.2, 0.25) is 5.91 Å². The number of thioether (sulfide) groups is 1. The molecule has 0 fully saturated rings. The molecule has 29 heavy (non-hydrogen) atoms. The maximum Gasteiger partial charge on any atom is 0.230 e. The van der Waals surface area contributed by atoms with Crippen molar-refractivity contribution in [1.82, 2.24) is 25.1 Å². The van der Waals surface area contributed by atoms with E-state index in [2.05, 4.69) is 34.3 Å². The number of amides is 1. The summed E-state index contributed by atoms with van der Waals surface area (Å²) in [6.45, 7) is 7.28. The Bertz CT molecular complexity index is 943. The number of hydrogen-bond acceptors (Lipinski definition) is 6. The van der Waals surface area contributed by atoms with Crippen LogP contribution in [0.25, 0.3) is 17.1 Å². The van der Waals surface area contributed by atoms with E-state index in [9.17, 15) is 4.79 Å². The maximum atomic E-state index is 12.2. The summed E-state index contributed by atoms with van der Waals surface area (Å²) in [6, 6.07) is 11.5. The largest absolute Gasteiger partial charge is 0.492 e. The van der Waals surface area contributed by atoms with Crippen molar-refractivity contribution in [2.45, 2.75) is 25.9 Å². The molecule has 3 rings (SSSR count). The minimum absolute atomic E-state index is 0.0261. The Morgan fingerprint density at radius 2 is 1.93 bits per heavy atom. The van der Waals surface area contributed by atoms with Gasteiger partial charge in [0, 0.05) is 24.5 Å². The van der Waals surface area contributed by atoms with Gasteiger partial charge in [-0.1, -0.05) is 37.7 Å². The molecule has 1 amide bonds. The molecular weight excluding hydrogens is 386 g/mol. The average Bonchev–Trinajstić information content (AvgIpc) is 3.16. The number of ether oxygens (including phenoxy) is 1. The Morgan fingerprint density at radius 1 is 1.17 bits per heavy atom. The molecule has 0 aliphatic rings. The summed E-state index contributed by atoms with van der Waals surface area (Å²) in [6.07, 6.45) is 3.43. The van der Waals surface area contributed by atoms with Gasteiger partial charge in [-0.05, 0) is 37.1 Å². The molecule has 2 heterocycles. The highest BCUT2D eigenvalue weighted by molar-refractivity contribution is 7.99. The van der Waals surface area contributed by atoms with Crippen molar-refractivity contribution in [1.29, 1.82) is 0 Å². The fourth-order valence-corrected chi connectivity index (χ4v) is 3.46. The van der Waals surface area contributed by atoms with Crippen LogP contribution in [0.2, 0.25) is 0 Å². The molecule has 2 aromatic heterocycles. The minimum Gasteiger partial charge on any atom is -0.492 e. The van der Waals surface area contributed by atoms with E-state index in [4.69, 9.17) is 4.74 Å². The van der Waals surface area contributed by atoms with E-state index in [1.165, 1.54) is 11.8 Å². The number of carbonyl (C=O) groups excluding carboxylic acids is 1. The van der Waals surface area contributed by atoms with Crippen LogP contribution in [0.5, 0.6) is 5.75 Å². The fraction of sp³-hybridized carbons (Fsp3) is 0.333. The van der Waals surface area contributed by atoms with Crippen LogP contribution in [-0.2, 0) is 4.79 Å². The number of carbonyl (C=O) groups is 1. The van der Waals surface area contributed by atoms with Gasteiger partial charge in [-0.3, -0.25) is 14.3 Å². The molecule has 0 bridgehead atoms. The van der Waals surface area contributed by atoms with Crippen LogP contribution in [-0.4, -0.2) is 44.6 Å². The molecule has 8 heteroatoms. The molecular formula is C21H25N5O2S. The highest BCUT2D eigenvalue weighted by Gasteiger charge is 2.19. The predicted octanol–water partition coefficient (Wildman–Crippen LogP) is 3.59. The second-order valence-electron chi connectivity index (χ2n) is 6.76. The monoisotopic (exact) mass is 411 g/mol. The zero-order valence-corrected chi connectivity index (χ0v) is 17.6. The SMILES string of the molecule is CCOc1ccccc1-n1c(SCC(=O)NCC(C)C)nnc1-c1ccncc1. The van der Waals surface area contributed by atoms with E-state index in [1.807, 2.05) is 47.9 Å². The van der Waals surface area contributed by atoms with Crippen LogP contribution >= 0.6 is 11.8 Å². The molecule has 0 aliphatic carbocycles. The van der Waals surface area contributed by atoms with E-state index in [0.29, 0.717) is 30.1 Å². The molecule has 0 saturated heterocycles. The Hall–Kier alpha value is -2.87.